The van der Waals surface area contributed by atoms with Crippen molar-refractivity contribution in [1.82, 2.24) is 46.6 Å². The minimum Gasteiger partial charge on any atom is -0.481 e. The molecular formula is C67H120BrN9O19S. The SMILES string of the molecule is CCC(=O)N[C@@H](CCC(=O)CCCOCCOCC(=O)N[C@@H](CCCCNC(=O)CBr)C(=O)O)C(=O)O.CC[C@H](CC(=O)COCCOCCNC(=O)CCCS(=O)(=O)NC(=O)CCCCCCCCCCCCCCCCCCCCCCCCCCCc1nn[nH]n1)C(=O)O. The largest absolute Gasteiger partial charge is 0.481 e. The summed E-state index contributed by atoms with van der Waals surface area (Å²) in [5.74, 6) is -5.85. The quantitative estimate of drug-likeness (QED) is 0.0217. The average Bonchev–Trinajstić information content (AvgIpc) is 3.14. The second-order valence-corrected chi connectivity index (χ2v) is 26.8. The fourth-order valence-electron chi connectivity index (χ4n) is 10.1. The van der Waals surface area contributed by atoms with E-state index in [-0.39, 0.29) is 158 Å². The number of alkyl halides is 1. The number of halogens is 1. The third kappa shape index (κ3) is 60.2. The molecular weight excluding hydrogens is 1350 g/mol. The highest BCUT2D eigenvalue weighted by molar-refractivity contribution is 9.09. The molecule has 0 radical (unpaired) electrons. The lowest BCUT2D eigenvalue weighted by Gasteiger charge is -2.14. The average molecular weight is 1470 g/mol. The van der Waals surface area contributed by atoms with Crippen LogP contribution in [0.2, 0.25) is 0 Å². The Hall–Kier alpha value is -5.56. The third-order valence-corrected chi connectivity index (χ3v) is 17.7. The molecule has 5 amide bonds. The number of Topliss-reactive ketones (excluding diaryl/α,β-unsaturated/α-hetero) is 2. The van der Waals surface area contributed by atoms with E-state index in [1.807, 2.05) is 0 Å². The van der Waals surface area contributed by atoms with Crippen molar-refractivity contribution in [2.75, 3.05) is 77.0 Å². The first kappa shape index (κ1) is 91.4. The number of carbonyl (C=O) groups excluding carboxylic acids is 7. The predicted octanol–water partition coefficient (Wildman–Crippen LogP) is 8.71. The number of aromatic amines is 1. The Morgan fingerprint density at radius 2 is 0.948 bits per heavy atom. The zero-order chi connectivity index (χ0) is 71.8. The van der Waals surface area contributed by atoms with E-state index < -0.39 is 57.7 Å². The van der Waals surface area contributed by atoms with Gasteiger partial charge >= 0.3 is 17.9 Å². The van der Waals surface area contributed by atoms with E-state index in [9.17, 15) is 61.5 Å². The Bertz CT molecular complexity index is 2380. The normalized spacial score (nSPS) is 12.2. The minimum atomic E-state index is -3.79. The van der Waals surface area contributed by atoms with Crippen LogP contribution >= 0.6 is 15.9 Å². The number of sulfonamides is 1. The molecule has 1 heterocycles. The number of H-pyrrole nitrogens is 1. The minimum absolute atomic E-state index is 0.00482. The number of ether oxygens (including phenoxy) is 4. The molecule has 3 atom stereocenters. The van der Waals surface area contributed by atoms with E-state index in [1.54, 1.807) is 13.8 Å². The van der Waals surface area contributed by atoms with Gasteiger partial charge in [0, 0.05) is 64.6 Å². The number of nitrogens with one attached hydrogen (secondary N) is 6. The van der Waals surface area contributed by atoms with Crippen LogP contribution in [0.1, 0.15) is 264 Å². The van der Waals surface area contributed by atoms with Gasteiger partial charge in [0.15, 0.2) is 11.6 Å². The molecule has 0 unspecified atom stereocenters. The fourth-order valence-corrected chi connectivity index (χ4v) is 11.4. The Kier molecular flexibility index (Phi) is 60.2. The molecule has 0 aliphatic rings. The van der Waals surface area contributed by atoms with Crippen molar-refractivity contribution >= 4 is 85.0 Å². The molecule has 1 aromatic rings. The van der Waals surface area contributed by atoms with Crippen LogP contribution in [-0.2, 0) is 83.3 Å². The molecule has 0 saturated heterocycles. The summed E-state index contributed by atoms with van der Waals surface area (Å²) in [6.07, 6.45) is 35.6. The summed E-state index contributed by atoms with van der Waals surface area (Å²) in [5.41, 5.74) is 0. The number of aryl methyl sites for hydroxylation is 1. The topological polar surface area (TPSA) is 417 Å². The molecule has 0 spiro atoms. The Morgan fingerprint density at radius 3 is 1.45 bits per heavy atom. The number of unbranched alkanes of at least 4 members (excludes halogenated alkanes) is 25. The lowest BCUT2D eigenvalue weighted by molar-refractivity contribution is -0.144. The number of tetrazole rings is 1. The van der Waals surface area contributed by atoms with Crippen molar-refractivity contribution < 1.29 is 90.6 Å². The van der Waals surface area contributed by atoms with Crippen molar-refractivity contribution in [1.29, 1.82) is 0 Å². The Morgan fingerprint density at radius 1 is 0.464 bits per heavy atom. The van der Waals surface area contributed by atoms with Crippen LogP contribution in [0.15, 0.2) is 0 Å². The molecule has 0 bridgehead atoms. The summed E-state index contributed by atoms with van der Waals surface area (Å²) in [6, 6.07) is -2.14. The molecule has 0 aromatic carbocycles. The molecule has 0 fully saturated rings. The Balaban J connectivity index is 0.00000213. The number of ketones is 2. The van der Waals surface area contributed by atoms with E-state index >= 15 is 0 Å². The number of rotatable bonds is 68. The number of carbonyl (C=O) groups is 10. The van der Waals surface area contributed by atoms with Crippen LogP contribution in [-0.4, -0.2) is 192 Å². The zero-order valence-corrected chi connectivity index (χ0v) is 60.7. The van der Waals surface area contributed by atoms with Crippen molar-refractivity contribution in [2.45, 2.75) is 276 Å². The van der Waals surface area contributed by atoms with Crippen molar-refractivity contribution in [3.8, 4) is 0 Å². The van der Waals surface area contributed by atoms with Crippen molar-refractivity contribution in [2.24, 2.45) is 5.92 Å². The molecule has 1 rings (SSSR count). The number of amides is 5. The highest BCUT2D eigenvalue weighted by atomic mass is 79.9. The summed E-state index contributed by atoms with van der Waals surface area (Å²) >= 11 is 3.03. The zero-order valence-electron chi connectivity index (χ0n) is 58.3. The third-order valence-electron chi connectivity index (χ3n) is 15.8. The molecule has 28 nitrogen and oxygen atoms in total. The monoisotopic (exact) mass is 1470 g/mol. The lowest BCUT2D eigenvalue weighted by Crippen LogP contribution is -2.42. The number of aromatic nitrogens is 4. The first-order chi connectivity index (χ1) is 46.7. The number of aliphatic carboxylic acids is 3. The van der Waals surface area contributed by atoms with E-state index in [0.29, 0.717) is 38.6 Å². The van der Waals surface area contributed by atoms with Gasteiger partial charge in [-0.3, -0.25) is 43.1 Å². The van der Waals surface area contributed by atoms with Gasteiger partial charge in [0.2, 0.25) is 39.6 Å². The number of hydrogen-bond acceptors (Lipinski definition) is 19. The number of nitrogens with zero attached hydrogens (tertiary/aromatic N) is 3. The van der Waals surface area contributed by atoms with E-state index in [2.05, 4.69) is 62.5 Å². The molecule has 97 heavy (non-hydrogen) atoms. The summed E-state index contributed by atoms with van der Waals surface area (Å²) in [7, 11) is -3.79. The van der Waals surface area contributed by atoms with Crippen LogP contribution in [0.25, 0.3) is 0 Å². The highest BCUT2D eigenvalue weighted by Gasteiger charge is 2.23. The summed E-state index contributed by atoms with van der Waals surface area (Å²) in [4.78, 5) is 116. The van der Waals surface area contributed by atoms with Gasteiger partial charge in [0.1, 0.15) is 31.1 Å². The van der Waals surface area contributed by atoms with Gasteiger partial charge in [-0.2, -0.15) is 5.21 Å². The summed E-state index contributed by atoms with van der Waals surface area (Å²) < 4.78 is 47.7. The van der Waals surface area contributed by atoms with Gasteiger partial charge in [0.25, 0.3) is 0 Å². The lowest BCUT2D eigenvalue weighted by atomic mass is 10.0. The van der Waals surface area contributed by atoms with Gasteiger partial charge in [-0.25, -0.2) is 18.0 Å². The molecule has 0 aliphatic heterocycles. The number of carboxylic acid groups (broad SMARTS) is 3. The second kappa shape index (κ2) is 63.9. The van der Waals surface area contributed by atoms with Crippen LogP contribution in [0.3, 0.4) is 0 Å². The second-order valence-electron chi connectivity index (χ2n) is 24.4. The van der Waals surface area contributed by atoms with E-state index in [4.69, 9.17) is 29.2 Å². The van der Waals surface area contributed by atoms with Crippen molar-refractivity contribution in [3.05, 3.63) is 5.82 Å². The van der Waals surface area contributed by atoms with Gasteiger partial charge in [-0.1, -0.05) is 183 Å². The predicted molar refractivity (Wildman–Crippen MR) is 370 cm³/mol. The first-order valence-corrected chi connectivity index (χ1v) is 38.5. The fraction of sp³-hybridized carbons (Fsp3) is 0.836. The van der Waals surface area contributed by atoms with Crippen LogP contribution < -0.4 is 26.0 Å². The Labute approximate surface area is 584 Å². The van der Waals surface area contributed by atoms with E-state index in [0.717, 1.165) is 37.9 Å². The first-order valence-electron chi connectivity index (χ1n) is 35.7. The molecule has 0 saturated carbocycles. The van der Waals surface area contributed by atoms with E-state index in [1.165, 1.54) is 128 Å². The smallest absolute Gasteiger partial charge is 0.326 e. The number of carboxylic acids is 3. The van der Waals surface area contributed by atoms with Crippen LogP contribution in [0.4, 0.5) is 0 Å². The molecule has 1 aromatic heterocycles. The van der Waals surface area contributed by atoms with Gasteiger partial charge in [0.05, 0.1) is 50.0 Å². The maximum Gasteiger partial charge on any atom is 0.326 e. The highest BCUT2D eigenvalue weighted by Crippen LogP contribution is 2.17. The molecule has 9 N–H and O–H groups in total. The molecule has 30 heteroatoms. The van der Waals surface area contributed by atoms with Gasteiger partial charge < -0.3 is 55.5 Å². The van der Waals surface area contributed by atoms with Crippen LogP contribution in [0.5, 0.6) is 0 Å². The maximum atomic E-state index is 12.3. The summed E-state index contributed by atoms with van der Waals surface area (Å²) in [5, 5.41) is 51.7. The summed E-state index contributed by atoms with van der Waals surface area (Å²) in [6.45, 7) is 4.59. The number of hydrogen-bond donors (Lipinski definition) is 9. The standard InChI is InChI=1S/C44H82N6O9S.C23H38BrN3O10/c1-2-39(44(54)55)37-40(51)38-59-35-34-58-33-32-45-42(52)31-28-36-60(56,57)48-43(53)30-27-25-23-21-19-17-15-13-11-9-7-5-3-4-6-8-10-12-14-16-18-20-22-24-26-29-41-46-49-50-47-41;1-2-19(29)26-18(23(34)35)9-8-16(28)6-5-11-36-12-13-37-15-21(31)27-17(22(32)33)7-3-4-10-25-20(30)14-24/h39H,2-38H2,1H3,(H,45,52)(H,48,53)(H,54,55)(H,46,47,49,50);17-18H,2-15H2,1H3,(H,25,30)(H,26,29)(H,27,31)(H,32,33)(H,34,35)/t39-;17-,18-/m10/s1. The maximum absolute atomic E-state index is 12.3. The van der Waals surface area contributed by atoms with Crippen molar-refractivity contribution in [3.63, 3.8) is 0 Å². The van der Waals surface area contributed by atoms with Gasteiger partial charge in [-0.05, 0) is 57.8 Å². The molecule has 560 valence electrons. The van der Waals surface area contributed by atoms with Gasteiger partial charge in [-0.15, -0.1) is 10.2 Å². The van der Waals surface area contributed by atoms with Crippen LogP contribution in [0, 0.1) is 5.92 Å². The molecule has 0 aliphatic carbocycles.